The first kappa shape index (κ1) is 34.9. The zero-order chi connectivity index (χ0) is 30.0. The van der Waals surface area contributed by atoms with E-state index in [4.69, 9.17) is 9.47 Å². The highest BCUT2D eigenvalue weighted by molar-refractivity contribution is 5.55. The van der Waals surface area contributed by atoms with E-state index >= 15 is 0 Å². The van der Waals surface area contributed by atoms with Crippen LogP contribution >= 0.6 is 0 Å². The van der Waals surface area contributed by atoms with Gasteiger partial charge in [-0.25, -0.2) is 9.97 Å². The lowest BCUT2D eigenvalue weighted by Crippen LogP contribution is -2.51. The summed E-state index contributed by atoms with van der Waals surface area (Å²) in [5, 5.41) is 0. The Balaban J connectivity index is 1.58. The van der Waals surface area contributed by atoms with E-state index in [-0.39, 0.29) is 13.2 Å². The summed E-state index contributed by atoms with van der Waals surface area (Å²) in [4.78, 5) is 9.07. The quantitative estimate of drug-likeness (QED) is 0.0962. The monoisotopic (exact) mass is 584 g/mol. The Morgan fingerprint density at radius 3 is 2.05 bits per heavy atom. The average molecular weight is 585 g/mol. The number of aromatic nitrogens is 2. The summed E-state index contributed by atoms with van der Waals surface area (Å²) >= 11 is 0. The van der Waals surface area contributed by atoms with E-state index in [0.29, 0.717) is 18.9 Å². The molecular formula is C31H47F3N2O5. The Bertz CT molecular complexity index is 950. The highest BCUT2D eigenvalue weighted by Gasteiger charge is 2.60. The molecule has 41 heavy (non-hydrogen) atoms. The van der Waals surface area contributed by atoms with Crippen molar-refractivity contribution in [3.63, 3.8) is 0 Å². The fourth-order valence-corrected chi connectivity index (χ4v) is 4.20. The largest absolute Gasteiger partial charge is 0.494 e. The number of ether oxygens (including phenoxy) is 5. The molecule has 2 rings (SSSR count). The van der Waals surface area contributed by atoms with Gasteiger partial charge in [0, 0.05) is 31.7 Å². The Morgan fingerprint density at radius 1 is 0.805 bits per heavy atom. The van der Waals surface area contributed by atoms with Crippen molar-refractivity contribution < 1.29 is 36.9 Å². The summed E-state index contributed by atoms with van der Waals surface area (Å²) < 4.78 is 66.2. The number of hydrogen-bond acceptors (Lipinski definition) is 7. The predicted octanol–water partition coefficient (Wildman–Crippen LogP) is 8.26. The van der Waals surface area contributed by atoms with Crippen molar-refractivity contribution in [3.05, 3.63) is 42.2 Å². The van der Waals surface area contributed by atoms with Gasteiger partial charge in [-0.2, -0.15) is 13.2 Å². The zero-order valence-electron chi connectivity index (χ0n) is 25.0. The number of nitrogens with zero attached hydrogens (tertiary/aromatic N) is 2. The molecule has 232 valence electrons. The number of methoxy groups -OCH3 is 1. The van der Waals surface area contributed by atoms with Gasteiger partial charge in [-0.15, -0.1) is 0 Å². The molecule has 0 aliphatic carbocycles. The minimum Gasteiger partial charge on any atom is -0.494 e. The molecule has 1 aromatic heterocycles. The summed E-state index contributed by atoms with van der Waals surface area (Å²) in [6, 6.07) is 4.06. The van der Waals surface area contributed by atoms with Crippen molar-refractivity contribution in [2.24, 2.45) is 0 Å². The molecule has 0 aliphatic rings. The van der Waals surface area contributed by atoms with Crippen LogP contribution in [0.5, 0.6) is 5.75 Å². The fraction of sp³-hybridized carbons (Fsp3) is 0.677. The van der Waals surface area contributed by atoms with E-state index in [1.165, 1.54) is 57.9 Å². The van der Waals surface area contributed by atoms with Crippen LogP contribution in [0.15, 0.2) is 36.7 Å². The number of hydrogen-bond donors (Lipinski definition) is 0. The van der Waals surface area contributed by atoms with Crippen molar-refractivity contribution in [3.8, 4) is 17.1 Å². The van der Waals surface area contributed by atoms with Crippen molar-refractivity contribution in [2.75, 3.05) is 26.9 Å². The minimum atomic E-state index is -4.32. The van der Waals surface area contributed by atoms with Crippen LogP contribution in [0.3, 0.4) is 0 Å². The molecule has 1 heterocycles. The second-order valence-electron chi connectivity index (χ2n) is 9.97. The van der Waals surface area contributed by atoms with Crippen LogP contribution in [0, 0.1) is 0 Å². The van der Waals surface area contributed by atoms with Crippen molar-refractivity contribution in [2.45, 2.75) is 110 Å². The highest BCUT2D eigenvalue weighted by atomic mass is 19.3. The molecule has 0 saturated heterocycles. The first-order chi connectivity index (χ1) is 19.7. The molecule has 0 radical (unpaired) electrons. The molecule has 0 N–H and O–H groups in total. The maximum Gasteiger partial charge on any atom is 0.445 e. The second-order valence-corrected chi connectivity index (χ2v) is 9.97. The van der Waals surface area contributed by atoms with Gasteiger partial charge in [0.1, 0.15) is 5.75 Å². The van der Waals surface area contributed by atoms with Crippen molar-refractivity contribution in [1.82, 2.24) is 9.97 Å². The van der Waals surface area contributed by atoms with E-state index in [9.17, 15) is 13.2 Å². The first-order valence-electron chi connectivity index (χ1n) is 14.8. The van der Waals surface area contributed by atoms with Gasteiger partial charge in [-0.1, -0.05) is 45.4 Å². The molecule has 7 nitrogen and oxygen atoms in total. The molecule has 0 fully saturated rings. The molecule has 0 saturated carbocycles. The third kappa shape index (κ3) is 12.6. The smallest absolute Gasteiger partial charge is 0.445 e. The number of alkyl halides is 3. The van der Waals surface area contributed by atoms with Crippen LogP contribution < -0.4 is 4.74 Å². The molecule has 10 heteroatoms. The number of benzene rings is 1. The normalized spacial score (nSPS) is 14.1. The highest BCUT2D eigenvalue weighted by Crippen LogP contribution is 2.36. The van der Waals surface area contributed by atoms with Gasteiger partial charge in [0.15, 0.2) is 12.1 Å². The van der Waals surface area contributed by atoms with Crippen LogP contribution in [0.4, 0.5) is 13.2 Å². The number of halogens is 3. The second kappa shape index (κ2) is 19.0. The topological polar surface area (TPSA) is 71.9 Å². The van der Waals surface area contributed by atoms with E-state index in [2.05, 4.69) is 31.1 Å². The van der Waals surface area contributed by atoms with Gasteiger partial charge in [-0.05, 0) is 75.8 Å². The molecule has 2 unspecified atom stereocenters. The number of aryl methyl sites for hydroxylation is 1. The standard InChI is InChI=1S/C31H47F3N2O5/c1-5-7-8-9-10-13-16-26-23-35-29(36-24-26)27-17-19-28(20-18-27)39-22-15-12-11-14-21-38-25(3)41-30(32,33)31(34,37-4)40-6-2/h17-20,23-25H,5-16,21-22H2,1-4H3. The van der Waals surface area contributed by atoms with E-state index in [0.717, 1.165) is 44.1 Å². The molecule has 0 spiro atoms. The molecule has 2 atom stereocenters. The zero-order valence-corrected chi connectivity index (χ0v) is 25.0. The van der Waals surface area contributed by atoms with Gasteiger partial charge in [0.25, 0.3) is 0 Å². The van der Waals surface area contributed by atoms with Crippen molar-refractivity contribution >= 4 is 0 Å². The summed E-state index contributed by atoms with van der Waals surface area (Å²) in [6.07, 6.45) is 10.0. The van der Waals surface area contributed by atoms with Crippen LogP contribution in [0.1, 0.15) is 90.5 Å². The summed E-state index contributed by atoms with van der Waals surface area (Å²) in [7, 11) is 0.781. The molecule has 0 aliphatic heterocycles. The van der Waals surface area contributed by atoms with Gasteiger partial charge in [0.2, 0.25) is 0 Å². The van der Waals surface area contributed by atoms with E-state index < -0.39 is 18.4 Å². The summed E-state index contributed by atoms with van der Waals surface area (Å²) in [5.41, 5.74) is 2.12. The lowest BCUT2D eigenvalue weighted by Gasteiger charge is -2.32. The lowest BCUT2D eigenvalue weighted by molar-refractivity contribution is -0.481. The maximum atomic E-state index is 14.1. The summed E-state index contributed by atoms with van der Waals surface area (Å²) in [6.45, 7) is 5.32. The molecule has 0 bridgehead atoms. The minimum absolute atomic E-state index is 0.197. The molecular weight excluding hydrogens is 537 g/mol. The van der Waals surface area contributed by atoms with Crippen LogP contribution in [-0.4, -0.2) is 55.3 Å². The molecule has 2 aromatic rings. The Hall–Kier alpha value is -2.27. The van der Waals surface area contributed by atoms with Crippen LogP contribution in [-0.2, 0) is 25.4 Å². The van der Waals surface area contributed by atoms with Gasteiger partial charge in [0.05, 0.1) is 13.2 Å². The van der Waals surface area contributed by atoms with Crippen LogP contribution in [0.2, 0.25) is 0 Å². The van der Waals surface area contributed by atoms with Crippen molar-refractivity contribution in [1.29, 1.82) is 0 Å². The maximum absolute atomic E-state index is 14.1. The van der Waals surface area contributed by atoms with E-state index in [1.54, 1.807) is 0 Å². The van der Waals surface area contributed by atoms with Gasteiger partial charge >= 0.3 is 12.1 Å². The fourth-order valence-electron chi connectivity index (χ4n) is 4.20. The average Bonchev–Trinajstić information content (AvgIpc) is 2.96. The first-order valence-corrected chi connectivity index (χ1v) is 14.8. The summed E-state index contributed by atoms with van der Waals surface area (Å²) in [5.74, 6) is 1.47. The van der Waals surface area contributed by atoms with Gasteiger partial charge < -0.3 is 18.9 Å². The molecule has 0 amide bonds. The Labute approximate surface area is 243 Å². The Morgan fingerprint density at radius 2 is 1.41 bits per heavy atom. The van der Waals surface area contributed by atoms with Crippen LogP contribution in [0.25, 0.3) is 11.4 Å². The lowest BCUT2D eigenvalue weighted by atomic mass is 10.1. The predicted molar refractivity (Wildman–Crippen MR) is 152 cm³/mol. The SMILES string of the molecule is CCCCCCCCc1cnc(-c2ccc(OCCCCCCOC(C)OC(F)(F)C(F)(OC)OCC)cc2)nc1. The molecule has 1 aromatic carbocycles. The Kier molecular flexibility index (Phi) is 16.2. The number of rotatable bonds is 23. The third-order valence-electron chi connectivity index (χ3n) is 6.55. The number of unbranched alkanes of at least 4 members (excludes halogenated alkanes) is 8. The van der Waals surface area contributed by atoms with E-state index in [1.807, 2.05) is 36.7 Å². The van der Waals surface area contributed by atoms with Gasteiger partial charge in [-0.3, -0.25) is 4.74 Å². The third-order valence-corrected chi connectivity index (χ3v) is 6.55.